The van der Waals surface area contributed by atoms with Gasteiger partial charge in [-0.3, -0.25) is 14.5 Å². The molecule has 168 valence electrons. The third-order valence-corrected chi connectivity index (χ3v) is 5.77. The molecule has 7 heteroatoms. The van der Waals surface area contributed by atoms with Gasteiger partial charge < -0.3 is 14.9 Å². The largest absolute Gasteiger partial charge is 0.507 e. The Balaban J connectivity index is 1.95. The highest BCUT2D eigenvalue weighted by Gasteiger charge is 2.47. The molecule has 3 aromatic rings. The summed E-state index contributed by atoms with van der Waals surface area (Å²) in [6.07, 6.45) is 0. The molecular formula is C26H22ClNO5. The van der Waals surface area contributed by atoms with Crippen LogP contribution in [0.5, 0.6) is 11.5 Å². The minimum Gasteiger partial charge on any atom is -0.507 e. The lowest BCUT2D eigenvalue weighted by Crippen LogP contribution is -2.29. The lowest BCUT2D eigenvalue weighted by atomic mass is 9.95. The average molecular weight is 464 g/mol. The first-order chi connectivity index (χ1) is 15.8. The molecule has 1 fully saturated rings. The molecule has 1 unspecified atom stereocenters. The van der Waals surface area contributed by atoms with Crippen molar-refractivity contribution in [3.05, 3.63) is 94.0 Å². The highest BCUT2D eigenvalue weighted by Crippen LogP contribution is 2.45. The van der Waals surface area contributed by atoms with E-state index in [9.17, 15) is 19.8 Å². The van der Waals surface area contributed by atoms with Gasteiger partial charge in [0.1, 0.15) is 17.3 Å². The number of anilines is 1. The number of amides is 1. The summed E-state index contributed by atoms with van der Waals surface area (Å²) in [6.45, 7) is 3.99. The number of ether oxygens (including phenoxy) is 1. The zero-order valence-electron chi connectivity index (χ0n) is 18.1. The van der Waals surface area contributed by atoms with Crippen molar-refractivity contribution in [2.45, 2.75) is 19.9 Å². The van der Waals surface area contributed by atoms with E-state index in [-0.39, 0.29) is 28.3 Å². The molecule has 1 amide bonds. The summed E-state index contributed by atoms with van der Waals surface area (Å²) in [7, 11) is 0. The van der Waals surface area contributed by atoms with Crippen LogP contribution in [0.25, 0.3) is 5.76 Å². The number of aliphatic hydroxyl groups is 1. The number of hydrogen-bond donors (Lipinski definition) is 2. The second kappa shape index (κ2) is 9.00. The zero-order valence-corrected chi connectivity index (χ0v) is 18.8. The number of phenolic OH excluding ortho intramolecular Hbond substituents is 1. The number of Topliss-reactive ketones (excluding diaryl/α,β-unsaturated/α-hetero) is 1. The first kappa shape index (κ1) is 22.4. The molecule has 0 aliphatic carbocycles. The van der Waals surface area contributed by atoms with E-state index < -0.39 is 17.7 Å². The summed E-state index contributed by atoms with van der Waals surface area (Å²) in [4.78, 5) is 27.6. The molecular weight excluding hydrogens is 442 g/mol. The Bertz CT molecular complexity index is 1270. The fourth-order valence-electron chi connectivity index (χ4n) is 3.93. The Morgan fingerprint density at radius 2 is 1.79 bits per heavy atom. The molecule has 1 aliphatic rings. The molecule has 33 heavy (non-hydrogen) atoms. The molecule has 0 aromatic heterocycles. The van der Waals surface area contributed by atoms with Gasteiger partial charge >= 0.3 is 0 Å². The van der Waals surface area contributed by atoms with Crippen LogP contribution in [0.4, 0.5) is 5.69 Å². The van der Waals surface area contributed by atoms with Crippen molar-refractivity contribution < 1.29 is 24.5 Å². The molecule has 0 bridgehead atoms. The Hall–Kier alpha value is -3.77. The van der Waals surface area contributed by atoms with Crippen LogP contribution in [0.3, 0.4) is 0 Å². The van der Waals surface area contributed by atoms with Gasteiger partial charge in [0.25, 0.3) is 11.7 Å². The predicted octanol–water partition coefficient (Wildman–Crippen LogP) is 5.38. The number of halogens is 1. The van der Waals surface area contributed by atoms with Gasteiger partial charge in [-0.25, -0.2) is 0 Å². The van der Waals surface area contributed by atoms with Crippen molar-refractivity contribution in [3.63, 3.8) is 0 Å². The summed E-state index contributed by atoms with van der Waals surface area (Å²) in [6, 6.07) is 17.4. The van der Waals surface area contributed by atoms with Crippen LogP contribution in [-0.4, -0.2) is 28.5 Å². The summed E-state index contributed by atoms with van der Waals surface area (Å²) in [5.74, 6) is -1.84. The summed E-state index contributed by atoms with van der Waals surface area (Å²) >= 11 is 6.17. The number of aromatic hydroxyl groups is 1. The van der Waals surface area contributed by atoms with E-state index in [4.69, 9.17) is 16.3 Å². The monoisotopic (exact) mass is 463 g/mol. The van der Waals surface area contributed by atoms with Gasteiger partial charge in [0.2, 0.25) is 0 Å². The minimum absolute atomic E-state index is 0.0862. The number of carbonyl (C=O) groups is 2. The number of carbonyl (C=O) groups excluding carboxylic acids is 2. The molecule has 0 saturated carbocycles. The van der Waals surface area contributed by atoms with Crippen molar-refractivity contribution >= 4 is 34.7 Å². The maximum absolute atomic E-state index is 13.2. The topological polar surface area (TPSA) is 87.1 Å². The molecule has 0 spiro atoms. The number of hydrogen-bond acceptors (Lipinski definition) is 5. The number of benzene rings is 3. The van der Waals surface area contributed by atoms with E-state index in [0.717, 1.165) is 5.56 Å². The second-order valence-corrected chi connectivity index (χ2v) is 8.06. The molecule has 0 radical (unpaired) electrons. The first-order valence-electron chi connectivity index (χ1n) is 10.4. The quantitative estimate of drug-likeness (QED) is 0.301. The number of rotatable bonds is 5. The Kier molecular flexibility index (Phi) is 6.11. The van der Waals surface area contributed by atoms with Gasteiger partial charge in [0.15, 0.2) is 0 Å². The predicted molar refractivity (Wildman–Crippen MR) is 127 cm³/mol. The first-order valence-corrected chi connectivity index (χ1v) is 10.8. The van der Waals surface area contributed by atoms with Gasteiger partial charge in [-0.2, -0.15) is 0 Å². The molecule has 1 atom stereocenters. The number of aliphatic hydroxyl groups excluding tert-OH is 1. The summed E-state index contributed by atoms with van der Waals surface area (Å²) in [5.41, 5.74) is 1.80. The smallest absolute Gasteiger partial charge is 0.300 e. The number of aryl methyl sites for hydroxylation is 1. The fourth-order valence-corrected chi connectivity index (χ4v) is 4.10. The van der Waals surface area contributed by atoms with Crippen molar-refractivity contribution in [1.82, 2.24) is 0 Å². The molecule has 1 aliphatic heterocycles. The number of nitrogens with zero attached hydrogens (tertiary/aromatic N) is 1. The molecule has 4 rings (SSSR count). The standard InChI is InChI=1S/C26H22ClNO5/c1-3-33-21-14-17(10-11-18(21)27)24(30)22-23(16-7-5-4-6-8-16)28(26(32)25(22)31)19-13-15(2)9-12-20(19)29/h4-14,23,29-30H,3H2,1-2H3/b24-22-. The number of ketones is 1. The fraction of sp³-hybridized carbons (Fsp3) is 0.154. The van der Waals surface area contributed by atoms with E-state index in [2.05, 4.69) is 0 Å². The van der Waals surface area contributed by atoms with Gasteiger partial charge in [-0.1, -0.05) is 48.0 Å². The van der Waals surface area contributed by atoms with Crippen LogP contribution in [0, 0.1) is 6.92 Å². The van der Waals surface area contributed by atoms with Crippen molar-refractivity contribution in [1.29, 1.82) is 0 Å². The van der Waals surface area contributed by atoms with Crippen LogP contribution in [0.1, 0.15) is 29.7 Å². The van der Waals surface area contributed by atoms with Crippen molar-refractivity contribution in [2.24, 2.45) is 0 Å². The lowest BCUT2D eigenvalue weighted by molar-refractivity contribution is -0.132. The minimum atomic E-state index is -0.940. The maximum atomic E-state index is 13.2. The third kappa shape index (κ3) is 4.05. The highest BCUT2D eigenvalue weighted by molar-refractivity contribution is 6.52. The summed E-state index contributed by atoms with van der Waals surface area (Å²) < 4.78 is 5.51. The van der Waals surface area contributed by atoms with Gasteiger partial charge in [0, 0.05) is 5.56 Å². The van der Waals surface area contributed by atoms with Crippen molar-refractivity contribution in [2.75, 3.05) is 11.5 Å². The average Bonchev–Trinajstić information content (AvgIpc) is 3.07. The second-order valence-electron chi connectivity index (χ2n) is 7.65. The molecule has 2 N–H and O–H groups in total. The van der Waals surface area contributed by atoms with Crippen molar-refractivity contribution in [3.8, 4) is 11.5 Å². The summed E-state index contributed by atoms with van der Waals surface area (Å²) in [5, 5.41) is 22.1. The molecule has 1 heterocycles. The van der Waals surface area contributed by atoms with Crippen LogP contribution in [-0.2, 0) is 9.59 Å². The van der Waals surface area contributed by atoms with E-state index in [1.807, 2.05) is 13.0 Å². The van der Waals surface area contributed by atoms with E-state index in [0.29, 0.717) is 22.9 Å². The van der Waals surface area contributed by atoms with E-state index >= 15 is 0 Å². The molecule has 1 saturated heterocycles. The maximum Gasteiger partial charge on any atom is 0.300 e. The van der Waals surface area contributed by atoms with Gasteiger partial charge in [-0.05, 0) is 55.3 Å². The lowest BCUT2D eigenvalue weighted by Gasteiger charge is -2.26. The van der Waals surface area contributed by atoms with Crippen LogP contribution >= 0.6 is 11.6 Å². The van der Waals surface area contributed by atoms with Crippen LogP contribution < -0.4 is 9.64 Å². The molecule has 3 aromatic carbocycles. The Labute approximate surface area is 196 Å². The van der Waals surface area contributed by atoms with Crippen LogP contribution in [0.2, 0.25) is 5.02 Å². The van der Waals surface area contributed by atoms with Gasteiger partial charge in [-0.15, -0.1) is 0 Å². The SMILES string of the molecule is CCOc1cc(/C(O)=C2/C(=O)C(=O)N(c3cc(C)ccc3O)C2c2ccccc2)ccc1Cl. The highest BCUT2D eigenvalue weighted by atomic mass is 35.5. The Morgan fingerprint density at radius 1 is 1.06 bits per heavy atom. The van der Waals surface area contributed by atoms with Gasteiger partial charge in [0.05, 0.1) is 28.9 Å². The number of phenols is 1. The normalized spacial score (nSPS) is 17.4. The third-order valence-electron chi connectivity index (χ3n) is 5.45. The Morgan fingerprint density at radius 3 is 2.48 bits per heavy atom. The van der Waals surface area contributed by atoms with E-state index in [1.54, 1.807) is 55.5 Å². The van der Waals surface area contributed by atoms with E-state index in [1.165, 1.54) is 17.0 Å². The zero-order chi connectivity index (χ0) is 23.7. The molecule has 6 nitrogen and oxygen atoms in total. The van der Waals surface area contributed by atoms with Crippen LogP contribution in [0.15, 0.2) is 72.3 Å².